The van der Waals surface area contributed by atoms with Crippen molar-refractivity contribution in [3.63, 3.8) is 0 Å². The maximum atomic E-state index is 4.61. The van der Waals surface area contributed by atoms with Gasteiger partial charge in [-0.15, -0.1) is 5.10 Å². The van der Waals surface area contributed by atoms with E-state index in [1.807, 2.05) is 29.0 Å². The van der Waals surface area contributed by atoms with Gasteiger partial charge in [0.25, 0.3) is 0 Å². The molecular weight excluding hydrogens is 384 g/mol. The highest BCUT2D eigenvalue weighted by atomic mass is 15.4. The molecule has 6 heteroatoms. The number of nitrogens with zero attached hydrogens (tertiary/aromatic N) is 6. The van der Waals surface area contributed by atoms with Gasteiger partial charge in [0, 0.05) is 50.3 Å². The molecule has 3 aromatic heterocycles. The molecule has 0 bridgehead atoms. The van der Waals surface area contributed by atoms with E-state index in [1.54, 1.807) is 0 Å². The van der Waals surface area contributed by atoms with Crippen LogP contribution in [0.25, 0.3) is 16.6 Å². The number of likely N-dealkylation sites (N-methyl/N-ethyl adjacent to an activating group) is 1. The van der Waals surface area contributed by atoms with E-state index in [9.17, 15) is 0 Å². The molecule has 5 rings (SSSR count). The lowest BCUT2D eigenvalue weighted by Gasteiger charge is -2.38. The third kappa shape index (κ3) is 4.09. The third-order valence-corrected chi connectivity index (χ3v) is 6.19. The first kappa shape index (κ1) is 19.8. The Kier molecular flexibility index (Phi) is 5.26. The predicted molar refractivity (Wildman–Crippen MR) is 123 cm³/mol. The van der Waals surface area contributed by atoms with E-state index in [0.29, 0.717) is 0 Å². The molecule has 158 valence electrons. The van der Waals surface area contributed by atoms with Gasteiger partial charge in [0.2, 0.25) is 0 Å². The van der Waals surface area contributed by atoms with Crippen molar-refractivity contribution in [3.05, 3.63) is 83.4 Å². The van der Waals surface area contributed by atoms with Gasteiger partial charge in [-0.05, 0) is 50.2 Å². The van der Waals surface area contributed by atoms with Gasteiger partial charge in [-0.1, -0.05) is 40.6 Å². The first-order chi connectivity index (χ1) is 15.1. The molecule has 0 spiro atoms. The minimum absolute atomic E-state index is 0.226. The molecule has 0 amide bonds. The summed E-state index contributed by atoms with van der Waals surface area (Å²) >= 11 is 0. The van der Waals surface area contributed by atoms with E-state index in [2.05, 4.69) is 82.5 Å². The van der Waals surface area contributed by atoms with Gasteiger partial charge in [0.05, 0.1) is 11.6 Å². The van der Waals surface area contributed by atoms with Crippen molar-refractivity contribution in [1.29, 1.82) is 0 Å². The normalized spacial score (nSPS) is 18.0. The van der Waals surface area contributed by atoms with Crippen LogP contribution < -0.4 is 0 Å². The quantitative estimate of drug-likeness (QED) is 0.509. The first-order valence-corrected chi connectivity index (χ1v) is 10.8. The van der Waals surface area contributed by atoms with Gasteiger partial charge in [0.1, 0.15) is 5.69 Å². The molecule has 1 saturated heterocycles. The van der Waals surface area contributed by atoms with Crippen LogP contribution in [0.1, 0.15) is 28.4 Å². The van der Waals surface area contributed by atoms with E-state index in [0.717, 1.165) is 48.5 Å². The Morgan fingerprint density at radius 2 is 1.71 bits per heavy atom. The Morgan fingerprint density at radius 3 is 2.48 bits per heavy atom. The highest BCUT2D eigenvalue weighted by Crippen LogP contribution is 2.28. The number of pyridine rings is 2. The fraction of sp³-hybridized carbons (Fsp3) is 0.320. The molecule has 1 fully saturated rings. The number of rotatable bonds is 4. The summed E-state index contributed by atoms with van der Waals surface area (Å²) in [5, 5.41) is 9.06. The van der Waals surface area contributed by atoms with E-state index in [4.69, 9.17) is 0 Å². The number of hydrogen-bond acceptors (Lipinski definition) is 5. The van der Waals surface area contributed by atoms with Crippen molar-refractivity contribution < 1.29 is 0 Å². The van der Waals surface area contributed by atoms with Crippen LogP contribution in [0.15, 0.2) is 61.1 Å². The van der Waals surface area contributed by atoms with E-state index in [-0.39, 0.29) is 6.04 Å². The number of piperazine rings is 1. The zero-order valence-corrected chi connectivity index (χ0v) is 18.4. The van der Waals surface area contributed by atoms with Crippen molar-refractivity contribution in [3.8, 4) is 11.1 Å². The van der Waals surface area contributed by atoms with Crippen molar-refractivity contribution in [2.75, 3.05) is 26.7 Å². The Morgan fingerprint density at radius 1 is 0.935 bits per heavy atom. The molecule has 1 atom stereocenters. The standard InChI is InChI=1S/C25H28N6/c1-18-12-19(2)14-20(13-18)15-30-11-10-29(3)24(17-30)25-23-5-4-22(16-31(23)28-27-25)21-6-8-26-9-7-21/h4-9,12-14,16,24H,10-11,15,17H2,1-3H3/t24-/m0/s1. The summed E-state index contributed by atoms with van der Waals surface area (Å²) in [6.07, 6.45) is 5.68. The summed E-state index contributed by atoms with van der Waals surface area (Å²) in [5.74, 6) is 0. The molecule has 1 aromatic carbocycles. The van der Waals surface area contributed by atoms with Crippen LogP contribution in [0.2, 0.25) is 0 Å². The minimum atomic E-state index is 0.226. The van der Waals surface area contributed by atoms with Gasteiger partial charge in [-0.25, -0.2) is 4.52 Å². The second kappa shape index (κ2) is 8.21. The van der Waals surface area contributed by atoms with Crippen molar-refractivity contribution >= 4 is 5.52 Å². The monoisotopic (exact) mass is 412 g/mol. The SMILES string of the molecule is Cc1cc(C)cc(CN2CCN(C)[C@H](c3nnn4cc(-c5ccncc5)ccc34)C2)c1. The van der Waals surface area contributed by atoms with Crippen molar-refractivity contribution in [2.24, 2.45) is 0 Å². The van der Waals surface area contributed by atoms with Crippen LogP contribution in [0.3, 0.4) is 0 Å². The molecular formula is C25H28N6. The largest absolute Gasteiger partial charge is 0.296 e. The molecule has 0 unspecified atom stereocenters. The molecule has 31 heavy (non-hydrogen) atoms. The first-order valence-electron chi connectivity index (χ1n) is 10.8. The summed E-state index contributed by atoms with van der Waals surface area (Å²) < 4.78 is 1.90. The van der Waals surface area contributed by atoms with E-state index >= 15 is 0 Å². The molecule has 1 aliphatic heterocycles. The second-order valence-electron chi connectivity index (χ2n) is 8.69. The third-order valence-electron chi connectivity index (χ3n) is 6.19. The molecule has 4 heterocycles. The second-order valence-corrected chi connectivity index (χ2v) is 8.69. The van der Waals surface area contributed by atoms with E-state index in [1.165, 1.54) is 16.7 Å². The summed E-state index contributed by atoms with van der Waals surface area (Å²) in [6.45, 7) is 8.34. The lowest BCUT2D eigenvalue weighted by Crippen LogP contribution is -2.46. The lowest BCUT2D eigenvalue weighted by molar-refractivity contribution is 0.0889. The average molecular weight is 413 g/mol. The van der Waals surface area contributed by atoms with Crippen LogP contribution in [-0.4, -0.2) is 56.3 Å². The smallest absolute Gasteiger partial charge is 0.109 e. The Labute approximate surface area is 183 Å². The molecule has 0 radical (unpaired) electrons. The number of hydrogen-bond donors (Lipinski definition) is 0. The lowest BCUT2D eigenvalue weighted by atomic mass is 10.0. The van der Waals surface area contributed by atoms with Crippen molar-refractivity contribution in [1.82, 2.24) is 29.6 Å². The van der Waals surface area contributed by atoms with E-state index < -0.39 is 0 Å². The highest BCUT2D eigenvalue weighted by Gasteiger charge is 2.29. The van der Waals surface area contributed by atoms with Gasteiger partial charge in [0.15, 0.2) is 0 Å². The predicted octanol–water partition coefficient (Wildman–Crippen LogP) is 3.90. The van der Waals surface area contributed by atoms with Gasteiger partial charge >= 0.3 is 0 Å². The zero-order chi connectivity index (χ0) is 21.4. The number of fused-ring (bicyclic) bond motifs is 1. The van der Waals surface area contributed by atoms with Gasteiger partial charge < -0.3 is 0 Å². The Hall–Kier alpha value is -3.09. The minimum Gasteiger partial charge on any atom is -0.296 e. The molecule has 0 aliphatic carbocycles. The maximum absolute atomic E-state index is 4.61. The molecule has 6 nitrogen and oxygen atoms in total. The van der Waals surface area contributed by atoms with Crippen LogP contribution in [0.5, 0.6) is 0 Å². The van der Waals surface area contributed by atoms with Crippen LogP contribution in [0.4, 0.5) is 0 Å². The molecule has 0 saturated carbocycles. The fourth-order valence-electron chi connectivity index (χ4n) is 4.65. The molecule has 1 aliphatic rings. The summed E-state index contributed by atoms with van der Waals surface area (Å²) in [5.41, 5.74) is 8.40. The van der Waals surface area contributed by atoms with Crippen molar-refractivity contribution in [2.45, 2.75) is 26.4 Å². The summed E-state index contributed by atoms with van der Waals surface area (Å²) in [4.78, 5) is 9.05. The van der Waals surface area contributed by atoms with Crippen LogP contribution >= 0.6 is 0 Å². The van der Waals surface area contributed by atoms with Crippen LogP contribution in [0, 0.1) is 13.8 Å². The molecule has 0 N–H and O–H groups in total. The highest BCUT2D eigenvalue weighted by molar-refractivity contribution is 5.65. The average Bonchev–Trinajstić information content (AvgIpc) is 3.18. The number of aryl methyl sites for hydroxylation is 2. The van der Waals surface area contributed by atoms with Gasteiger partial charge in [-0.3, -0.25) is 14.8 Å². The topological polar surface area (TPSA) is 49.6 Å². The number of benzene rings is 1. The maximum Gasteiger partial charge on any atom is 0.109 e. The zero-order valence-electron chi connectivity index (χ0n) is 18.4. The van der Waals surface area contributed by atoms with Gasteiger partial charge in [-0.2, -0.15) is 0 Å². The number of aromatic nitrogens is 4. The van der Waals surface area contributed by atoms with Crippen LogP contribution in [-0.2, 0) is 6.54 Å². The Balaban J connectivity index is 1.40. The molecule has 4 aromatic rings. The fourth-order valence-corrected chi connectivity index (χ4v) is 4.65. The summed E-state index contributed by atoms with van der Waals surface area (Å²) in [6, 6.07) is 15.4. The Bertz CT molecular complexity index is 1180. The summed E-state index contributed by atoms with van der Waals surface area (Å²) in [7, 11) is 2.19.